The van der Waals surface area contributed by atoms with E-state index in [0.29, 0.717) is 12.3 Å². The molecule has 1 amide bonds. The fourth-order valence-electron chi connectivity index (χ4n) is 3.33. The highest BCUT2D eigenvalue weighted by Gasteiger charge is 2.32. The summed E-state index contributed by atoms with van der Waals surface area (Å²) >= 11 is 0. The number of carbonyl (C=O) groups excluding carboxylic acids is 1. The highest BCUT2D eigenvalue weighted by Crippen LogP contribution is 2.27. The van der Waals surface area contributed by atoms with Gasteiger partial charge in [-0.25, -0.2) is 13.1 Å². The van der Waals surface area contributed by atoms with E-state index in [0.717, 1.165) is 25.7 Å². The summed E-state index contributed by atoms with van der Waals surface area (Å²) in [6.45, 7) is 5.56. The molecule has 1 aliphatic carbocycles. The minimum absolute atomic E-state index is 0.0164. The second-order valence-electron chi connectivity index (χ2n) is 7.92. The fourth-order valence-corrected chi connectivity index (χ4v) is 4.68. The molecule has 0 aliphatic heterocycles. The van der Waals surface area contributed by atoms with Gasteiger partial charge >= 0.3 is 0 Å². The van der Waals surface area contributed by atoms with E-state index in [-0.39, 0.29) is 22.8 Å². The lowest BCUT2D eigenvalue weighted by atomic mass is 10.1. The fraction of sp³-hybridized carbons (Fsp3) is 0.526. The predicted octanol–water partition coefficient (Wildman–Crippen LogP) is 3.53. The van der Waals surface area contributed by atoms with Crippen molar-refractivity contribution >= 4 is 15.9 Å². The Morgan fingerprint density at radius 2 is 1.93 bits per heavy atom. The molecular weight excluding hydrogens is 368 g/mol. The summed E-state index contributed by atoms with van der Waals surface area (Å²) in [7, 11) is -3.83. The molecule has 8 heteroatoms. The lowest BCUT2D eigenvalue weighted by molar-refractivity contribution is 0.0610. The van der Waals surface area contributed by atoms with Crippen LogP contribution in [0.1, 0.15) is 62.8 Å². The van der Waals surface area contributed by atoms with Gasteiger partial charge in [-0.3, -0.25) is 4.79 Å². The summed E-state index contributed by atoms with van der Waals surface area (Å²) in [5, 5.41) is -0.259. The van der Waals surface area contributed by atoms with E-state index >= 15 is 0 Å². The highest BCUT2D eigenvalue weighted by atomic mass is 32.2. The molecule has 0 radical (unpaired) electrons. The van der Waals surface area contributed by atoms with Gasteiger partial charge in [0.05, 0.1) is 12.8 Å². The van der Waals surface area contributed by atoms with Gasteiger partial charge in [-0.15, -0.1) is 0 Å². The maximum atomic E-state index is 13.1. The van der Waals surface area contributed by atoms with Crippen LogP contribution in [0.2, 0.25) is 0 Å². The molecule has 148 valence electrons. The lowest BCUT2D eigenvalue weighted by Gasteiger charge is -2.27. The first-order chi connectivity index (χ1) is 12.7. The minimum Gasteiger partial charge on any atom is -0.467 e. The Morgan fingerprint density at radius 3 is 2.52 bits per heavy atom. The quantitative estimate of drug-likeness (QED) is 0.809. The number of furan rings is 2. The summed E-state index contributed by atoms with van der Waals surface area (Å²) in [5.41, 5.74) is -0.648. The molecule has 0 atom stereocenters. The van der Waals surface area contributed by atoms with Crippen LogP contribution in [0.25, 0.3) is 0 Å². The van der Waals surface area contributed by atoms with E-state index in [2.05, 4.69) is 4.72 Å². The molecule has 1 aliphatic rings. The molecule has 2 aromatic heterocycles. The number of nitrogens with one attached hydrogen (secondary N) is 1. The van der Waals surface area contributed by atoms with Crippen molar-refractivity contribution in [3.63, 3.8) is 0 Å². The van der Waals surface area contributed by atoms with Crippen molar-refractivity contribution in [3.8, 4) is 0 Å². The molecule has 0 bridgehead atoms. The van der Waals surface area contributed by atoms with Gasteiger partial charge in [0.1, 0.15) is 5.76 Å². The van der Waals surface area contributed by atoms with Crippen molar-refractivity contribution in [2.45, 2.75) is 69.7 Å². The van der Waals surface area contributed by atoms with E-state index in [9.17, 15) is 13.2 Å². The standard InChI is InChI=1S/C19H26N2O5S/c1-19(2,3)20-27(23,24)17-11-10-16(26-17)18(22)21(14-7-4-5-8-14)13-15-9-6-12-25-15/h6,9-12,14,20H,4-5,7-8,13H2,1-3H3. The van der Waals surface area contributed by atoms with Crippen LogP contribution in [0.15, 0.2) is 44.5 Å². The van der Waals surface area contributed by atoms with Gasteiger partial charge < -0.3 is 13.7 Å². The van der Waals surface area contributed by atoms with Crippen LogP contribution in [0, 0.1) is 0 Å². The second kappa shape index (κ2) is 7.52. The van der Waals surface area contributed by atoms with Gasteiger partial charge in [-0.2, -0.15) is 0 Å². The Morgan fingerprint density at radius 1 is 1.22 bits per heavy atom. The van der Waals surface area contributed by atoms with Crippen LogP contribution in [-0.4, -0.2) is 30.8 Å². The molecule has 2 aromatic rings. The summed E-state index contributed by atoms with van der Waals surface area (Å²) in [6, 6.07) is 6.44. The molecule has 1 fully saturated rings. The first kappa shape index (κ1) is 19.7. The number of nitrogens with zero attached hydrogens (tertiary/aromatic N) is 1. The predicted molar refractivity (Wildman–Crippen MR) is 99.6 cm³/mol. The third-order valence-electron chi connectivity index (χ3n) is 4.43. The maximum absolute atomic E-state index is 13.1. The maximum Gasteiger partial charge on any atom is 0.290 e. The van der Waals surface area contributed by atoms with Crippen LogP contribution in [-0.2, 0) is 16.6 Å². The molecule has 0 aromatic carbocycles. The van der Waals surface area contributed by atoms with E-state index in [1.807, 2.05) is 6.07 Å². The van der Waals surface area contributed by atoms with Gasteiger partial charge in [0.2, 0.25) is 5.09 Å². The van der Waals surface area contributed by atoms with E-state index < -0.39 is 15.6 Å². The van der Waals surface area contributed by atoms with Crippen molar-refractivity contribution in [1.29, 1.82) is 0 Å². The molecular formula is C19H26N2O5S. The number of hydrogen-bond acceptors (Lipinski definition) is 5. The van der Waals surface area contributed by atoms with Crippen LogP contribution < -0.4 is 4.72 Å². The van der Waals surface area contributed by atoms with E-state index in [4.69, 9.17) is 8.83 Å². The molecule has 2 heterocycles. The van der Waals surface area contributed by atoms with Crippen LogP contribution >= 0.6 is 0 Å². The molecule has 1 saturated carbocycles. The van der Waals surface area contributed by atoms with Gasteiger partial charge in [0.15, 0.2) is 5.76 Å². The van der Waals surface area contributed by atoms with Crippen molar-refractivity contribution < 1.29 is 22.0 Å². The second-order valence-corrected chi connectivity index (χ2v) is 9.54. The molecule has 0 unspecified atom stereocenters. The zero-order valence-electron chi connectivity index (χ0n) is 15.9. The number of rotatable bonds is 6. The minimum atomic E-state index is -3.83. The number of sulfonamides is 1. The zero-order chi connectivity index (χ0) is 19.7. The summed E-state index contributed by atoms with van der Waals surface area (Å²) < 4.78 is 38.2. The van der Waals surface area contributed by atoms with Crippen LogP contribution in [0.3, 0.4) is 0 Å². The molecule has 0 spiro atoms. The van der Waals surface area contributed by atoms with E-state index in [1.165, 1.54) is 12.1 Å². The largest absolute Gasteiger partial charge is 0.467 e. The first-order valence-electron chi connectivity index (χ1n) is 9.13. The Bertz CT molecular complexity index is 872. The van der Waals surface area contributed by atoms with Crippen LogP contribution in [0.4, 0.5) is 0 Å². The highest BCUT2D eigenvalue weighted by molar-refractivity contribution is 7.89. The summed E-state index contributed by atoms with van der Waals surface area (Å²) in [6.07, 6.45) is 5.55. The lowest BCUT2D eigenvalue weighted by Crippen LogP contribution is -2.40. The third kappa shape index (κ3) is 4.81. The number of hydrogen-bond donors (Lipinski definition) is 1. The van der Waals surface area contributed by atoms with Gasteiger partial charge in [-0.05, 0) is 57.9 Å². The molecule has 7 nitrogen and oxygen atoms in total. The molecule has 1 N–H and O–H groups in total. The molecule has 27 heavy (non-hydrogen) atoms. The number of carbonyl (C=O) groups is 1. The van der Waals surface area contributed by atoms with Gasteiger partial charge in [0, 0.05) is 11.6 Å². The average Bonchev–Trinajstić information content (AvgIpc) is 3.31. The van der Waals surface area contributed by atoms with Crippen LogP contribution in [0.5, 0.6) is 0 Å². The number of amides is 1. The SMILES string of the molecule is CC(C)(C)NS(=O)(=O)c1ccc(C(=O)N(Cc2ccco2)C2CCCC2)o1. The Kier molecular flexibility index (Phi) is 5.48. The van der Waals surface area contributed by atoms with Crippen molar-refractivity contribution in [1.82, 2.24) is 9.62 Å². The Labute approximate surface area is 159 Å². The van der Waals surface area contributed by atoms with Crippen molar-refractivity contribution in [2.75, 3.05) is 0 Å². The van der Waals surface area contributed by atoms with Gasteiger partial charge in [0.25, 0.3) is 15.9 Å². The monoisotopic (exact) mass is 394 g/mol. The average molecular weight is 394 g/mol. The van der Waals surface area contributed by atoms with Crippen molar-refractivity contribution in [3.05, 3.63) is 42.0 Å². The Hall–Kier alpha value is -2.06. The zero-order valence-corrected chi connectivity index (χ0v) is 16.7. The summed E-state index contributed by atoms with van der Waals surface area (Å²) in [5.74, 6) is 0.377. The van der Waals surface area contributed by atoms with Gasteiger partial charge in [-0.1, -0.05) is 12.8 Å². The van der Waals surface area contributed by atoms with Crippen molar-refractivity contribution in [2.24, 2.45) is 0 Å². The smallest absolute Gasteiger partial charge is 0.290 e. The van der Waals surface area contributed by atoms with E-state index in [1.54, 1.807) is 38.0 Å². The Balaban J connectivity index is 1.83. The molecule has 3 rings (SSSR count). The first-order valence-corrected chi connectivity index (χ1v) is 10.6. The normalized spacial score (nSPS) is 16.0. The third-order valence-corrected chi connectivity index (χ3v) is 6.06. The molecule has 0 saturated heterocycles. The topological polar surface area (TPSA) is 92.8 Å². The summed E-state index contributed by atoms with van der Waals surface area (Å²) in [4.78, 5) is 14.8.